The van der Waals surface area contributed by atoms with Gasteiger partial charge in [0.25, 0.3) is 5.91 Å². The molecule has 9 heteroatoms. The van der Waals surface area contributed by atoms with Crippen LogP contribution in [0.15, 0.2) is 48.8 Å². The van der Waals surface area contributed by atoms with Gasteiger partial charge in [-0.1, -0.05) is 32.0 Å². The van der Waals surface area contributed by atoms with E-state index in [0.29, 0.717) is 11.7 Å². The fraction of sp³-hybridized carbons (Fsp3) is 0.472. The molecule has 45 heavy (non-hydrogen) atoms. The number of hydrogen-bond acceptors (Lipinski definition) is 6. The van der Waals surface area contributed by atoms with E-state index in [1.807, 2.05) is 51.2 Å². The molecule has 8 rings (SSSR count). The Morgan fingerprint density at radius 3 is 2.42 bits per heavy atom. The molecule has 2 aromatic heterocycles. The van der Waals surface area contributed by atoms with E-state index >= 15 is 0 Å². The second-order valence-electron chi connectivity index (χ2n) is 15.1. The summed E-state index contributed by atoms with van der Waals surface area (Å²) in [6.07, 6.45) is 7.76. The van der Waals surface area contributed by atoms with E-state index in [2.05, 4.69) is 54.1 Å². The van der Waals surface area contributed by atoms with E-state index in [0.717, 1.165) is 65.7 Å². The lowest BCUT2D eigenvalue weighted by molar-refractivity contribution is 0.0364. The minimum Gasteiger partial charge on any atom is -0.444 e. The standard InChI is InChI=1S/C36H40N6O3/c1-34(2,3)45-33(44)40-36(13-8-14-36)32-37-18-21(19-38-32)20-11-12-25-26(15-20)42-27-16-28(30(42)39-25)41(6)31(43)23-10-7-9-22(29(23)27)24-17-35(24,4)5/h7,9-12,15,18-19,24,27-28H,8,13-14,16-17H2,1-6H3,(H,40,44)/t24?,27-,28-/m1/s1. The molecule has 4 aliphatic rings. The van der Waals surface area contributed by atoms with Gasteiger partial charge in [-0.25, -0.2) is 19.7 Å². The van der Waals surface area contributed by atoms with E-state index in [1.54, 1.807) is 0 Å². The molecule has 4 aromatic rings. The van der Waals surface area contributed by atoms with Crippen molar-refractivity contribution in [1.82, 2.24) is 29.7 Å². The monoisotopic (exact) mass is 604 g/mol. The van der Waals surface area contributed by atoms with Crippen molar-refractivity contribution in [2.45, 2.75) is 95.9 Å². The van der Waals surface area contributed by atoms with Gasteiger partial charge in [-0.3, -0.25) is 4.79 Å². The molecule has 4 heterocycles. The number of hydrogen-bond donors (Lipinski definition) is 1. The predicted octanol–water partition coefficient (Wildman–Crippen LogP) is 7.03. The average molecular weight is 605 g/mol. The number of nitrogens with zero attached hydrogens (tertiary/aromatic N) is 5. The largest absolute Gasteiger partial charge is 0.444 e. The first-order chi connectivity index (χ1) is 21.4. The summed E-state index contributed by atoms with van der Waals surface area (Å²) in [6, 6.07) is 12.6. The SMILES string of the molecule is CN1C(=O)c2cccc(C3CC3(C)C)c2[C@H]2C[C@@H]1c1nc3ccc(-c4cnc(C5(NC(=O)OC(C)(C)C)CCC5)nc4)cc3n12. The highest BCUT2D eigenvalue weighted by Crippen LogP contribution is 2.61. The van der Waals surface area contributed by atoms with E-state index in [9.17, 15) is 9.59 Å². The number of carbonyl (C=O) groups excluding carboxylic acids is 2. The molecular weight excluding hydrogens is 564 g/mol. The van der Waals surface area contributed by atoms with Gasteiger partial charge in [0.1, 0.15) is 17.0 Å². The Morgan fingerprint density at radius 2 is 1.78 bits per heavy atom. The highest BCUT2D eigenvalue weighted by atomic mass is 16.6. The lowest BCUT2D eigenvalue weighted by atomic mass is 9.76. The van der Waals surface area contributed by atoms with Crippen LogP contribution in [0.2, 0.25) is 0 Å². The molecule has 2 aromatic carbocycles. The Kier molecular flexibility index (Phi) is 5.88. The first-order valence-corrected chi connectivity index (χ1v) is 16.1. The van der Waals surface area contributed by atoms with E-state index in [-0.39, 0.29) is 23.4 Å². The van der Waals surface area contributed by atoms with Crippen molar-refractivity contribution in [3.63, 3.8) is 0 Å². The summed E-state index contributed by atoms with van der Waals surface area (Å²) in [4.78, 5) is 42.8. The van der Waals surface area contributed by atoms with Crippen molar-refractivity contribution in [3.05, 3.63) is 77.1 Å². The summed E-state index contributed by atoms with van der Waals surface area (Å²) in [5, 5.41) is 3.05. The second kappa shape index (κ2) is 9.37. The fourth-order valence-electron chi connectivity index (χ4n) is 7.79. The van der Waals surface area contributed by atoms with Gasteiger partial charge in [-0.05, 0) is 92.7 Å². The van der Waals surface area contributed by atoms with Crippen LogP contribution in [0.5, 0.6) is 0 Å². The molecule has 232 valence electrons. The maximum atomic E-state index is 13.7. The van der Waals surface area contributed by atoms with Crippen LogP contribution in [0.1, 0.15) is 118 Å². The number of ether oxygens (including phenoxy) is 1. The number of benzene rings is 2. The third-order valence-electron chi connectivity index (χ3n) is 10.5. The molecule has 3 atom stereocenters. The minimum atomic E-state index is -0.599. The Bertz CT molecular complexity index is 1880. The lowest BCUT2D eigenvalue weighted by Gasteiger charge is -2.41. The molecule has 2 aliphatic heterocycles. The summed E-state index contributed by atoms with van der Waals surface area (Å²) in [7, 11) is 1.92. The smallest absolute Gasteiger partial charge is 0.408 e. The van der Waals surface area contributed by atoms with Crippen molar-refractivity contribution >= 4 is 23.0 Å². The number of nitrogens with one attached hydrogen (secondary N) is 1. The highest BCUT2D eigenvalue weighted by molar-refractivity contribution is 5.97. The van der Waals surface area contributed by atoms with Gasteiger partial charge in [0.2, 0.25) is 0 Å². The zero-order chi connectivity index (χ0) is 31.5. The molecule has 9 nitrogen and oxygen atoms in total. The Hall–Kier alpha value is -4.27. The molecule has 2 bridgehead atoms. The van der Waals surface area contributed by atoms with Gasteiger partial charge in [-0.2, -0.15) is 0 Å². The lowest BCUT2D eigenvalue weighted by Crippen LogP contribution is -2.53. The average Bonchev–Trinajstić information content (AvgIpc) is 3.30. The van der Waals surface area contributed by atoms with Crippen LogP contribution in [0, 0.1) is 5.41 Å². The summed E-state index contributed by atoms with van der Waals surface area (Å²) >= 11 is 0. The fourth-order valence-corrected chi connectivity index (χ4v) is 7.79. The maximum Gasteiger partial charge on any atom is 0.408 e. The normalized spacial score (nSPS) is 24.0. The topological polar surface area (TPSA) is 102 Å². The van der Waals surface area contributed by atoms with E-state index in [4.69, 9.17) is 19.7 Å². The molecule has 2 amide bonds. The molecule has 2 saturated carbocycles. The van der Waals surface area contributed by atoms with Crippen LogP contribution in [0.3, 0.4) is 0 Å². The number of amides is 2. The molecule has 0 spiro atoms. The maximum absolute atomic E-state index is 13.7. The summed E-state index contributed by atoms with van der Waals surface area (Å²) in [6.45, 7) is 10.2. The van der Waals surface area contributed by atoms with Gasteiger partial charge in [0, 0.05) is 37.0 Å². The zero-order valence-corrected chi connectivity index (χ0v) is 26.8. The first kappa shape index (κ1) is 28.2. The third kappa shape index (κ3) is 4.37. The van der Waals surface area contributed by atoms with Crippen molar-refractivity contribution in [2.75, 3.05) is 7.05 Å². The third-order valence-corrected chi connectivity index (χ3v) is 10.5. The van der Waals surface area contributed by atoms with Crippen LogP contribution in [-0.2, 0) is 10.3 Å². The van der Waals surface area contributed by atoms with Gasteiger partial charge in [-0.15, -0.1) is 0 Å². The summed E-state index contributed by atoms with van der Waals surface area (Å²) in [5.74, 6) is 2.10. The van der Waals surface area contributed by atoms with Crippen molar-refractivity contribution in [1.29, 1.82) is 0 Å². The van der Waals surface area contributed by atoms with Crippen LogP contribution in [0.25, 0.3) is 22.2 Å². The molecule has 1 N–H and O–H groups in total. The first-order valence-electron chi connectivity index (χ1n) is 16.1. The van der Waals surface area contributed by atoms with Crippen LogP contribution < -0.4 is 5.32 Å². The number of aromatic nitrogens is 4. The van der Waals surface area contributed by atoms with Gasteiger partial charge in [0.15, 0.2) is 5.82 Å². The quantitative estimate of drug-likeness (QED) is 0.268. The molecule has 1 unspecified atom stereocenters. The number of alkyl carbamates (subject to hydrolysis) is 1. The Labute approximate surface area is 263 Å². The minimum absolute atomic E-state index is 0.0396. The zero-order valence-electron chi connectivity index (χ0n) is 26.8. The summed E-state index contributed by atoms with van der Waals surface area (Å²) in [5.41, 5.74) is 6.25. The molecule has 2 fully saturated rings. The van der Waals surface area contributed by atoms with Crippen LogP contribution >= 0.6 is 0 Å². The van der Waals surface area contributed by atoms with Crippen molar-refractivity contribution in [2.24, 2.45) is 5.41 Å². The predicted molar refractivity (Wildman–Crippen MR) is 171 cm³/mol. The number of rotatable bonds is 4. The van der Waals surface area contributed by atoms with Gasteiger partial charge < -0.3 is 19.5 Å². The highest BCUT2D eigenvalue weighted by Gasteiger charge is 2.51. The van der Waals surface area contributed by atoms with E-state index < -0.39 is 17.2 Å². The number of imidazole rings is 1. The van der Waals surface area contributed by atoms with Gasteiger partial charge in [0.05, 0.1) is 23.1 Å². The molecule has 0 radical (unpaired) electrons. The Balaban J connectivity index is 1.16. The number of carbonyl (C=O) groups is 2. The van der Waals surface area contributed by atoms with Crippen LogP contribution in [-0.4, -0.2) is 49.1 Å². The van der Waals surface area contributed by atoms with Crippen molar-refractivity contribution in [3.8, 4) is 11.1 Å². The Morgan fingerprint density at radius 1 is 1.04 bits per heavy atom. The van der Waals surface area contributed by atoms with E-state index in [1.165, 1.54) is 11.1 Å². The van der Waals surface area contributed by atoms with Crippen LogP contribution in [0.4, 0.5) is 4.79 Å². The molecular formula is C36H40N6O3. The van der Waals surface area contributed by atoms with Gasteiger partial charge >= 0.3 is 6.09 Å². The van der Waals surface area contributed by atoms with Crippen molar-refractivity contribution < 1.29 is 14.3 Å². The molecule has 2 aliphatic carbocycles. The molecule has 0 saturated heterocycles. The number of fused-ring (bicyclic) bond motifs is 9. The second-order valence-corrected chi connectivity index (χ2v) is 15.1. The summed E-state index contributed by atoms with van der Waals surface area (Å²) < 4.78 is 7.91.